The summed E-state index contributed by atoms with van der Waals surface area (Å²) in [5.74, 6) is -0.312. The third-order valence-corrected chi connectivity index (χ3v) is 5.89. The van der Waals surface area contributed by atoms with E-state index in [1.54, 1.807) is 36.4 Å². The van der Waals surface area contributed by atoms with E-state index in [9.17, 15) is 14.0 Å². The van der Waals surface area contributed by atoms with Crippen LogP contribution in [0.2, 0.25) is 0 Å². The molecule has 3 aromatic carbocycles. The molecule has 0 aliphatic carbocycles. The Bertz CT molecular complexity index is 1300. The van der Waals surface area contributed by atoms with Gasteiger partial charge in [-0.25, -0.2) is 9.18 Å². The number of carbonyl (C=O) groups excluding carboxylic acids is 2. The average Bonchev–Trinajstić information content (AvgIpc) is 3.33. The molecule has 8 nitrogen and oxygen atoms in total. The van der Waals surface area contributed by atoms with Gasteiger partial charge in [0.1, 0.15) is 22.6 Å². The molecule has 0 bridgehead atoms. The summed E-state index contributed by atoms with van der Waals surface area (Å²) in [5, 5.41) is 17.0. The minimum atomic E-state index is -0.898. The molecule has 3 N–H and O–H groups in total. The quantitative estimate of drug-likeness (QED) is 0.331. The number of anilines is 2. The highest BCUT2D eigenvalue weighted by atomic mass is 32.1. The number of amides is 3. The van der Waals surface area contributed by atoms with Gasteiger partial charge < -0.3 is 15.4 Å². The molecule has 0 spiro atoms. The summed E-state index contributed by atoms with van der Waals surface area (Å²) in [4.78, 5) is 25.9. The van der Waals surface area contributed by atoms with Gasteiger partial charge in [-0.3, -0.25) is 10.1 Å². The molecule has 4 aromatic rings. The standard InChI is InChI=1S/C25H22FN5O3S/c1-34-21-10-6-5-9-19(21)27-24(33)28-20(15-16-7-3-2-4-8-16)22(32)29-25-31-30-23(35-25)17-11-13-18(26)14-12-17/h2-14,20H,15H2,1H3,(H2,27,28,33)(H,29,31,32). The van der Waals surface area contributed by atoms with Crippen molar-refractivity contribution in [2.45, 2.75) is 12.5 Å². The molecule has 1 aromatic heterocycles. The Balaban J connectivity index is 1.48. The van der Waals surface area contributed by atoms with Crippen LogP contribution < -0.4 is 20.7 Å². The van der Waals surface area contributed by atoms with Gasteiger partial charge in [0.05, 0.1) is 12.8 Å². The Morgan fingerprint density at radius 2 is 1.66 bits per heavy atom. The monoisotopic (exact) mass is 491 g/mol. The van der Waals surface area contributed by atoms with Crippen molar-refractivity contribution in [1.82, 2.24) is 15.5 Å². The average molecular weight is 492 g/mol. The summed E-state index contributed by atoms with van der Waals surface area (Å²) < 4.78 is 18.5. The molecule has 4 rings (SSSR count). The first kappa shape index (κ1) is 23.8. The maximum atomic E-state index is 13.2. The molecule has 0 aliphatic heterocycles. The number of halogens is 1. The van der Waals surface area contributed by atoms with Gasteiger partial charge in [-0.2, -0.15) is 0 Å². The molecule has 178 valence electrons. The van der Waals surface area contributed by atoms with Crippen molar-refractivity contribution in [1.29, 1.82) is 0 Å². The smallest absolute Gasteiger partial charge is 0.320 e. The molecule has 0 saturated heterocycles. The number of hydrogen-bond donors (Lipinski definition) is 3. The van der Waals surface area contributed by atoms with E-state index in [1.807, 2.05) is 30.3 Å². The minimum Gasteiger partial charge on any atom is -0.495 e. The van der Waals surface area contributed by atoms with Crippen LogP contribution in [0.3, 0.4) is 0 Å². The number of nitrogens with one attached hydrogen (secondary N) is 3. The van der Waals surface area contributed by atoms with E-state index in [-0.39, 0.29) is 17.4 Å². The van der Waals surface area contributed by atoms with Gasteiger partial charge in [0.2, 0.25) is 11.0 Å². The largest absolute Gasteiger partial charge is 0.495 e. The van der Waals surface area contributed by atoms with Crippen molar-refractivity contribution in [2.75, 3.05) is 17.7 Å². The molecule has 0 saturated carbocycles. The zero-order chi connectivity index (χ0) is 24.6. The molecular weight excluding hydrogens is 469 g/mol. The zero-order valence-electron chi connectivity index (χ0n) is 18.7. The third kappa shape index (κ3) is 6.39. The lowest BCUT2D eigenvalue weighted by molar-refractivity contribution is -0.117. The molecule has 0 radical (unpaired) electrons. The summed E-state index contributed by atoms with van der Waals surface area (Å²) in [7, 11) is 1.51. The van der Waals surface area contributed by atoms with Crippen molar-refractivity contribution < 1.29 is 18.7 Å². The van der Waals surface area contributed by atoms with Crippen molar-refractivity contribution in [3.05, 3.63) is 90.2 Å². The highest BCUT2D eigenvalue weighted by molar-refractivity contribution is 7.18. The zero-order valence-corrected chi connectivity index (χ0v) is 19.5. The first-order chi connectivity index (χ1) is 17.0. The number of nitrogens with zero attached hydrogens (tertiary/aromatic N) is 2. The van der Waals surface area contributed by atoms with Gasteiger partial charge in [-0.05, 0) is 42.0 Å². The van der Waals surface area contributed by atoms with E-state index in [0.29, 0.717) is 22.0 Å². The number of para-hydroxylation sites is 2. The number of rotatable bonds is 8. The molecule has 35 heavy (non-hydrogen) atoms. The summed E-state index contributed by atoms with van der Waals surface area (Å²) in [6.45, 7) is 0. The van der Waals surface area contributed by atoms with E-state index >= 15 is 0 Å². The lowest BCUT2D eigenvalue weighted by Crippen LogP contribution is -2.47. The molecule has 0 fully saturated rings. The van der Waals surface area contributed by atoms with Crippen LogP contribution in [0.1, 0.15) is 5.56 Å². The summed E-state index contributed by atoms with van der Waals surface area (Å²) >= 11 is 1.15. The molecule has 1 unspecified atom stereocenters. The van der Waals surface area contributed by atoms with Crippen molar-refractivity contribution in [2.24, 2.45) is 0 Å². The van der Waals surface area contributed by atoms with Crippen LogP contribution in [0.25, 0.3) is 10.6 Å². The van der Waals surface area contributed by atoms with Crippen molar-refractivity contribution in [3.8, 4) is 16.3 Å². The van der Waals surface area contributed by atoms with Crippen LogP contribution in [-0.2, 0) is 11.2 Å². The van der Waals surface area contributed by atoms with Crippen LogP contribution in [0.15, 0.2) is 78.9 Å². The van der Waals surface area contributed by atoms with Crippen LogP contribution in [-0.4, -0.2) is 35.3 Å². The number of ether oxygens (including phenoxy) is 1. The maximum Gasteiger partial charge on any atom is 0.320 e. The SMILES string of the molecule is COc1ccccc1NC(=O)NC(Cc1ccccc1)C(=O)Nc1nnc(-c2ccc(F)cc2)s1. The number of urea groups is 1. The third-order valence-electron chi connectivity index (χ3n) is 5.01. The number of carbonyl (C=O) groups is 2. The topological polar surface area (TPSA) is 105 Å². The predicted molar refractivity (Wildman–Crippen MR) is 133 cm³/mol. The maximum absolute atomic E-state index is 13.2. The molecular formula is C25H22FN5O3S. The van der Waals surface area contributed by atoms with Gasteiger partial charge in [0.25, 0.3) is 0 Å². The van der Waals surface area contributed by atoms with E-state index in [2.05, 4.69) is 26.1 Å². The Kier molecular flexibility index (Phi) is 7.63. The summed E-state index contributed by atoms with van der Waals surface area (Å²) in [6.07, 6.45) is 0.260. The van der Waals surface area contributed by atoms with Crippen molar-refractivity contribution >= 4 is 34.1 Å². The van der Waals surface area contributed by atoms with Gasteiger partial charge in [-0.1, -0.05) is 53.8 Å². The molecule has 1 atom stereocenters. The van der Waals surface area contributed by atoms with Crippen LogP contribution in [0, 0.1) is 5.82 Å². The Morgan fingerprint density at radius 1 is 0.943 bits per heavy atom. The van der Waals surface area contributed by atoms with E-state index in [4.69, 9.17) is 4.74 Å². The fourth-order valence-electron chi connectivity index (χ4n) is 3.30. The number of benzene rings is 3. The molecule has 1 heterocycles. The van der Waals surface area contributed by atoms with Gasteiger partial charge in [0.15, 0.2) is 0 Å². The highest BCUT2D eigenvalue weighted by Gasteiger charge is 2.23. The number of methoxy groups -OCH3 is 1. The fourth-order valence-corrected chi connectivity index (χ4v) is 4.05. The molecule has 3 amide bonds. The second-order valence-corrected chi connectivity index (χ2v) is 8.43. The Labute approximate surface area is 205 Å². The van der Waals surface area contributed by atoms with Crippen LogP contribution in [0.4, 0.5) is 20.0 Å². The van der Waals surface area contributed by atoms with E-state index in [1.165, 1.54) is 19.2 Å². The summed E-state index contributed by atoms with van der Waals surface area (Å²) in [6, 6.07) is 20.7. The van der Waals surface area contributed by atoms with Gasteiger partial charge in [0, 0.05) is 12.0 Å². The fraction of sp³-hybridized carbons (Fsp3) is 0.120. The second kappa shape index (κ2) is 11.2. The van der Waals surface area contributed by atoms with Crippen LogP contribution >= 0.6 is 11.3 Å². The van der Waals surface area contributed by atoms with E-state index in [0.717, 1.165) is 16.9 Å². The first-order valence-corrected chi connectivity index (χ1v) is 11.5. The first-order valence-electron chi connectivity index (χ1n) is 10.7. The molecule has 10 heteroatoms. The van der Waals surface area contributed by atoms with Gasteiger partial charge in [-0.15, -0.1) is 10.2 Å². The highest BCUT2D eigenvalue weighted by Crippen LogP contribution is 2.27. The number of hydrogen-bond acceptors (Lipinski definition) is 6. The van der Waals surface area contributed by atoms with Crippen molar-refractivity contribution in [3.63, 3.8) is 0 Å². The predicted octanol–water partition coefficient (Wildman–Crippen LogP) is 4.72. The Morgan fingerprint density at radius 3 is 2.40 bits per heavy atom. The minimum absolute atomic E-state index is 0.260. The normalized spacial score (nSPS) is 11.4. The summed E-state index contributed by atoms with van der Waals surface area (Å²) in [5.41, 5.74) is 2.02. The van der Waals surface area contributed by atoms with E-state index < -0.39 is 18.0 Å². The Hall–Kier alpha value is -4.31. The molecule has 0 aliphatic rings. The lowest BCUT2D eigenvalue weighted by atomic mass is 10.1. The van der Waals surface area contributed by atoms with Crippen LogP contribution in [0.5, 0.6) is 5.75 Å². The lowest BCUT2D eigenvalue weighted by Gasteiger charge is -2.19. The van der Waals surface area contributed by atoms with Gasteiger partial charge >= 0.3 is 6.03 Å². The number of aromatic nitrogens is 2. The second-order valence-electron chi connectivity index (χ2n) is 7.45.